The summed E-state index contributed by atoms with van der Waals surface area (Å²) in [5.41, 5.74) is 3.06. The van der Waals surface area contributed by atoms with Crippen LogP contribution in [-0.2, 0) is 0 Å². The zero-order chi connectivity index (χ0) is 21.5. The van der Waals surface area contributed by atoms with Crippen molar-refractivity contribution in [2.24, 2.45) is 0 Å². The van der Waals surface area contributed by atoms with Crippen LogP contribution in [0.25, 0.3) is 22.8 Å². The first kappa shape index (κ1) is 20.3. The SMILES string of the molecule is Cc1cc(-c2nc(-c3ccccc3OC(F)(F)F)no2)ccc1N1C(C)CCC1C. The molecule has 1 aliphatic rings. The highest BCUT2D eigenvalue weighted by atomic mass is 19.4. The van der Waals surface area contributed by atoms with Crippen molar-refractivity contribution in [3.63, 3.8) is 0 Å². The lowest BCUT2D eigenvalue weighted by molar-refractivity contribution is -0.274. The maximum absolute atomic E-state index is 12.7. The van der Waals surface area contributed by atoms with Gasteiger partial charge in [-0.05, 0) is 69.5 Å². The Balaban J connectivity index is 1.63. The van der Waals surface area contributed by atoms with E-state index in [1.54, 1.807) is 6.07 Å². The molecule has 0 spiro atoms. The van der Waals surface area contributed by atoms with E-state index in [1.807, 2.05) is 25.1 Å². The Bertz CT molecular complexity index is 1040. The first-order chi connectivity index (χ1) is 14.2. The minimum Gasteiger partial charge on any atom is -0.405 e. The highest BCUT2D eigenvalue weighted by Crippen LogP contribution is 2.36. The summed E-state index contributed by atoms with van der Waals surface area (Å²) in [7, 11) is 0. The van der Waals surface area contributed by atoms with Gasteiger partial charge in [0.15, 0.2) is 0 Å². The Morgan fingerprint density at radius 2 is 1.77 bits per heavy atom. The zero-order valence-electron chi connectivity index (χ0n) is 16.9. The van der Waals surface area contributed by atoms with E-state index >= 15 is 0 Å². The summed E-state index contributed by atoms with van der Waals surface area (Å²) in [6.45, 7) is 6.48. The van der Waals surface area contributed by atoms with E-state index in [0.717, 1.165) is 18.4 Å². The first-order valence-corrected chi connectivity index (χ1v) is 9.81. The molecule has 2 aromatic carbocycles. The van der Waals surface area contributed by atoms with E-state index < -0.39 is 6.36 Å². The highest BCUT2D eigenvalue weighted by molar-refractivity contribution is 5.68. The van der Waals surface area contributed by atoms with E-state index in [-0.39, 0.29) is 23.0 Å². The van der Waals surface area contributed by atoms with E-state index in [9.17, 15) is 13.2 Å². The lowest BCUT2D eigenvalue weighted by Gasteiger charge is -2.30. The summed E-state index contributed by atoms with van der Waals surface area (Å²) in [4.78, 5) is 6.72. The fourth-order valence-electron chi connectivity index (χ4n) is 4.06. The van der Waals surface area contributed by atoms with Gasteiger partial charge in [0.25, 0.3) is 5.89 Å². The third-order valence-electron chi connectivity index (χ3n) is 5.45. The Labute approximate surface area is 172 Å². The van der Waals surface area contributed by atoms with Crippen LogP contribution in [-0.4, -0.2) is 28.6 Å². The molecule has 0 amide bonds. The van der Waals surface area contributed by atoms with Gasteiger partial charge >= 0.3 is 6.36 Å². The number of anilines is 1. The van der Waals surface area contributed by atoms with Crippen LogP contribution in [0.2, 0.25) is 0 Å². The van der Waals surface area contributed by atoms with Crippen molar-refractivity contribution < 1.29 is 22.4 Å². The van der Waals surface area contributed by atoms with Crippen LogP contribution in [0.3, 0.4) is 0 Å². The maximum atomic E-state index is 12.7. The van der Waals surface area contributed by atoms with Crippen LogP contribution in [0.15, 0.2) is 47.0 Å². The molecule has 0 aliphatic carbocycles. The average molecular weight is 417 g/mol. The van der Waals surface area contributed by atoms with Gasteiger partial charge in [-0.3, -0.25) is 0 Å². The van der Waals surface area contributed by atoms with Crippen LogP contribution >= 0.6 is 0 Å². The third-order valence-corrected chi connectivity index (χ3v) is 5.45. The molecule has 1 aromatic heterocycles. The van der Waals surface area contributed by atoms with Gasteiger partial charge in [-0.2, -0.15) is 4.98 Å². The summed E-state index contributed by atoms with van der Waals surface area (Å²) >= 11 is 0. The Hall–Kier alpha value is -3.03. The van der Waals surface area contributed by atoms with Gasteiger partial charge in [0.1, 0.15) is 5.75 Å². The number of ether oxygens (including phenoxy) is 1. The zero-order valence-corrected chi connectivity index (χ0v) is 16.9. The number of aryl methyl sites for hydroxylation is 1. The molecule has 0 bridgehead atoms. The minimum atomic E-state index is -4.81. The summed E-state index contributed by atoms with van der Waals surface area (Å²) in [6, 6.07) is 12.6. The largest absolute Gasteiger partial charge is 0.573 e. The van der Waals surface area contributed by atoms with E-state index in [0.29, 0.717) is 17.6 Å². The molecule has 4 rings (SSSR count). The molecule has 1 fully saturated rings. The molecule has 158 valence electrons. The second-order valence-electron chi connectivity index (χ2n) is 7.65. The van der Waals surface area contributed by atoms with E-state index in [2.05, 4.69) is 33.6 Å². The Kier molecular flexibility index (Phi) is 5.17. The molecular formula is C22H22F3N3O2. The van der Waals surface area contributed by atoms with Crippen LogP contribution < -0.4 is 9.64 Å². The fourth-order valence-corrected chi connectivity index (χ4v) is 4.06. The predicted molar refractivity (Wildman–Crippen MR) is 107 cm³/mol. The van der Waals surface area contributed by atoms with Crippen molar-refractivity contribution >= 4 is 5.69 Å². The average Bonchev–Trinajstić information content (AvgIpc) is 3.28. The molecule has 0 radical (unpaired) electrons. The normalized spacial score (nSPS) is 19.3. The van der Waals surface area contributed by atoms with Crippen molar-refractivity contribution in [3.05, 3.63) is 48.0 Å². The van der Waals surface area contributed by atoms with Crippen LogP contribution in [0.1, 0.15) is 32.3 Å². The van der Waals surface area contributed by atoms with E-state index in [1.165, 1.54) is 23.9 Å². The second-order valence-corrected chi connectivity index (χ2v) is 7.65. The first-order valence-electron chi connectivity index (χ1n) is 9.81. The molecule has 5 nitrogen and oxygen atoms in total. The lowest BCUT2D eigenvalue weighted by atomic mass is 10.1. The highest BCUT2D eigenvalue weighted by Gasteiger charge is 2.33. The molecule has 0 saturated carbocycles. The number of rotatable bonds is 4. The van der Waals surface area contributed by atoms with Crippen molar-refractivity contribution in [2.45, 2.75) is 52.1 Å². The van der Waals surface area contributed by atoms with Gasteiger partial charge in [0.2, 0.25) is 5.82 Å². The van der Waals surface area contributed by atoms with E-state index in [4.69, 9.17) is 4.52 Å². The molecule has 2 atom stereocenters. The second kappa shape index (κ2) is 7.66. The minimum absolute atomic E-state index is 0.0355. The van der Waals surface area contributed by atoms with Crippen molar-refractivity contribution in [3.8, 4) is 28.6 Å². The fraction of sp³-hybridized carbons (Fsp3) is 0.364. The quantitative estimate of drug-likeness (QED) is 0.522. The molecule has 3 aromatic rings. The number of hydrogen-bond acceptors (Lipinski definition) is 5. The van der Waals surface area contributed by atoms with Crippen LogP contribution in [0.4, 0.5) is 18.9 Å². The molecule has 30 heavy (non-hydrogen) atoms. The molecule has 0 N–H and O–H groups in total. The van der Waals surface area contributed by atoms with Crippen molar-refractivity contribution in [1.82, 2.24) is 10.1 Å². The van der Waals surface area contributed by atoms with Gasteiger partial charge in [-0.25, -0.2) is 0 Å². The standard InChI is InChI=1S/C22H22F3N3O2/c1-13-12-16(10-11-18(13)28-14(2)8-9-15(28)3)21-26-20(27-30-21)17-6-4-5-7-19(17)29-22(23,24)25/h4-7,10-12,14-15H,8-9H2,1-3H3. The number of halogens is 3. The molecule has 2 unspecified atom stereocenters. The summed E-state index contributed by atoms with van der Waals surface area (Å²) in [5.74, 6) is -0.0989. The topological polar surface area (TPSA) is 51.4 Å². The lowest BCUT2D eigenvalue weighted by Crippen LogP contribution is -2.33. The molecular weight excluding hydrogens is 395 g/mol. The number of hydrogen-bond donors (Lipinski definition) is 0. The Morgan fingerprint density at radius 1 is 1.07 bits per heavy atom. The predicted octanol–water partition coefficient (Wildman–Crippen LogP) is 5.99. The van der Waals surface area contributed by atoms with Gasteiger partial charge in [-0.1, -0.05) is 17.3 Å². The number of aromatic nitrogens is 2. The van der Waals surface area contributed by atoms with Gasteiger partial charge in [0, 0.05) is 23.3 Å². The summed E-state index contributed by atoms with van der Waals surface area (Å²) in [6.07, 6.45) is -2.48. The number of nitrogens with zero attached hydrogens (tertiary/aromatic N) is 3. The van der Waals surface area contributed by atoms with Crippen LogP contribution in [0, 0.1) is 6.92 Å². The summed E-state index contributed by atoms with van der Waals surface area (Å²) < 4.78 is 47.5. The van der Waals surface area contributed by atoms with Gasteiger partial charge in [0.05, 0.1) is 5.56 Å². The van der Waals surface area contributed by atoms with Crippen molar-refractivity contribution in [1.29, 1.82) is 0 Å². The molecule has 8 heteroatoms. The summed E-state index contributed by atoms with van der Waals surface area (Å²) in [5, 5.41) is 3.86. The van der Waals surface area contributed by atoms with Crippen molar-refractivity contribution in [2.75, 3.05) is 4.90 Å². The number of benzene rings is 2. The number of para-hydroxylation sites is 1. The molecule has 1 aliphatic heterocycles. The number of alkyl halides is 3. The smallest absolute Gasteiger partial charge is 0.405 e. The maximum Gasteiger partial charge on any atom is 0.573 e. The third kappa shape index (κ3) is 3.99. The monoisotopic (exact) mass is 417 g/mol. The van der Waals surface area contributed by atoms with Gasteiger partial charge in [-0.15, -0.1) is 13.2 Å². The molecule has 1 saturated heterocycles. The van der Waals surface area contributed by atoms with Crippen LogP contribution in [0.5, 0.6) is 5.75 Å². The Morgan fingerprint density at radius 3 is 2.43 bits per heavy atom. The molecule has 2 heterocycles. The van der Waals surface area contributed by atoms with Gasteiger partial charge < -0.3 is 14.2 Å².